The molecule has 1 atom stereocenters. The first kappa shape index (κ1) is 15.3. The van der Waals surface area contributed by atoms with Gasteiger partial charge in [-0.05, 0) is 12.8 Å². The van der Waals surface area contributed by atoms with E-state index in [0.29, 0.717) is 32.8 Å². The average Bonchev–Trinajstić information content (AvgIpc) is 3.03. The van der Waals surface area contributed by atoms with Gasteiger partial charge in [-0.25, -0.2) is 9.97 Å². The standard InChI is InChI=1S/C16H22N6O2/c1-20-14-13(9-19-20)15(18-11-17-14)22-4-2-3-12(10-22)16(23)21-5-7-24-8-6-21/h9,11-12H,2-8,10H2,1H3/t12-/m0/s1. The molecule has 2 fully saturated rings. The number of morpholine rings is 1. The van der Waals surface area contributed by atoms with Crippen LogP contribution >= 0.6 is 0 Å². The molecule has 128 valence electrons. The van der Waals surface area contributed by atoms with Gasteiger partial charge in [0.15, 0.2) is 5.65 Å². The average molecular weight is 330 g/mol. The van der Waals surface area contributed by atoms with Crippen molar-refractivity contribution in [3.8, 4) is 0 Å². The minimum absolute atomic E-state index is 0.0264. The molecule has 4 heterocycles. The molecular weight excluding hydrogens is 308 g/mol. The monoisotopic (exact) mass is 330 g/mol. The highest BCUT2D eigenvalue weighted by molar-refractivity contribution is 5.87. The van der Waals surface area contributed by atoms with E-state index in [1.807, 2.05) is 11.9 Å². The van der Waals surface area contributed by atoms with Gasteiger partial charge >= 0.3 is 0 Å². The van der Waals surface area contributed by atoms with E-state index in [2.05, 4.69) is 20.0 Å². The fourth-order valence-electron chi connectivity index (χ4n) is 3.61. The van der Waals surface area contributed by atoms with Gasteiger partial charge in [0.25, 0.3) is 0 Å². The van der Waals surface area contributed by atoms with E-state index in [0.717, 1.165) is 36.2 Å². The number of rotatable bonds is 2. The molecule has 0 N–H and O–H groups in total. The molecule has 0 spiro atoms. The molecule has 24 heavy (non-hydrogen) atoms. The Morgan fingerprint density at radius 1 is 1.25 bits per heavy atom. The van der Waals surface area contributed by atoms with Crippen molar-refractivity contribution in [1.82, 2.24) is 24.6 Å². The topological polar surface area (TPSA) is 76.4 Å². The molecule has 2 aliphatic heterocycles. The normalized spacial score (nSPS) is 22.1. The second kappa shape index (κ2) is 6.35. The van der Waals surface area contributed by atoms with Crippen LogP contribution in [0.5, 0.6) is 0 Å². The van der Waals surface area contributed by atoms with Crippen LogP contribution in [0.25, 0.3) is 11.0 Å². The summed E-state index contributed by atoms with van der Waals surface area (Å²) in [5, 5.41) is 5.22. The number of nitrogens with zero attached hydrogens (tertiary/aromatic N) is 6. The molecular formula is C16H22N6O2. The predicted molar refractivity (Wildman–Crippen MR) is 88.6 cm³/mol. The van der Waals surface area contributed by atoms with Gasteiger partial charge < -0.3 is 14.5 Å². The molecule has 4 rings (SSSR count). The lowest BCUT2D eigenvalue weighted by Gasteiger charge is -2.36. The van der Waals surface area contributed by atoms with Gasteiger partial charge in [-0.2, -0.15) is 5.10 Å². The van der Waals surface area contributed by atoms with Gasteiger partial charge in [-0.1, -0.05) is 0 Å². The molecule has 2 aromatic heterocycles. The Morgan fingerprint density at radius 2 is 2.08 bits per heavy atom. The maximum Gasteiger partial charge on any atom is 0.227 e. The van der Waals surface area contributed by atoms with Crippen molar-refractivity contribution < 1.29 is 9.53 Å². The van der Waals surface area contributed by atoms with Gasteiger partial charge in [-0.15, -0.1) is 0 Å². The number of aromatic nitrogens is 4. The summed E-state index contributed by atoms with van der Waals surface area (Å²) >= 11 is 0. The first-order valence-electron chi connectivity index (χ1n) is 8.48. The summed E-state index contributed by atoms with van der Waals surface area (Å²) < 4.78 is 7.10. The lowest BCUT2D eigenvalue weighted by molar-refractivity contribution is -0.139. The largest absolute Gasteiger partial charge is 0.378 e. The van der Waals surface area contributed by atoms with Crippen LogP contribution in [0.2, 0.25) is 0 Å². The van der Waals surface area contributed by atoms with E-state index in [1.54, 1.807) is 17.2 Å². The summed E-state index contributed by atoms with van der Waals surface area (Å²) in [7, 11) is 1.88. The number of ether oxygens (including phenoxy) is 1. The minimum atomic E-state index is 0.0264. The maximum absolute atomic E-state index is 12.8. The number of carbonyl (C=O) groups is 1. The van der Waals surface area contributed by atoms with E-state index >= 15 is 0 Å². The Bertz CT molecular complexity index is 739. The molecule has 0 aromatic carbocycles. The van der Waals surface area contributed by atoms with Gasteiger partial charge in [0.2, 0.25) is 5.91 Å². The predicted octanol–water partition coefficient (Wildman–Crippen LogP) is 0.439. The van der Waals surface area contributed by atoms with Crippen molar-refractivity contribution >= 4 is 22.8 Å². The maximum atomic E-state index is 12.8. The van der Waals surface area contributed by atoms with Gasteiger partial charge in [0.05, 0.1) is 30.7 Å². The fourth-order valence-corrected chi connectivity index (χ4v) is 3.61. The van der Waals surface area contributed by atoms with Crippen LogP contribution in [-0.2, 0) is 16.6 Å². The van der Waals surface area contributed by atoms with Crippen molar-refractivity contribution in [2.24, 2.45) is 13.0 Å². The summed E-state index contributed by atoms with van der Waals surface area (Å²) in [6.07, 6.45) is 5.31. The molecule has 1 amide bonds. The van der Waals surface area contributed by atoms with E-state index in [4.69, 9.17) is 4.74 Å². The molecule has 2 aliphatic rings. The lowest BCUT2D eigenvalue weighted by Crippen LogP contribution is -2.48. The summed E-state index contributed by atoms with van der Waals surface area (Å²) in [6.45, 7) is 4.31. The van der Waals surface area contributed by atoms with E-state index in [1.165, 1.54) is 0 Å². The molecule has 8 nitrogen and oxygen atoms in total. The van der Waals surface area contributed by atoms with Crippen LogP contribution in [0.15, 0.2) is 12.5 Å². The molecule has 2 saturated heterocycles. The summed E-state index contributed by atoms with van der Waals surface area (Å²) in [5.74, 6) is 1.16. The van der Waals surface area contributed by atoms with E-state index in [9.17, 15) is 4.79 Å². The first-order valence-corrected chi connectivity index (χ1v) is 8.48. The number of aryl methyl sites for hydroxylation is 1. The van der Waals surface area contributed by atoms with Crippen molar-refractivity contribution in [1.29, 1.82) is 0 Å². The van der Waals surface area contributed by atoms with Crippen LogP contribution in [0.3, 0.4) is 0 Å². The number of amides is 1. The van der Waals surface area contributed by atoms with Gasteiger partial charge in [-0.3, -0.25) is 9.48 Å². The van der Waals surface area contributed by atoms with E-state index in [-0.39, 0.29) is 11.8 Å². The second-order valence-corrected chi connectivity index (χ2v) is 6.43. The SMILES string of the molecule is Cn1ncc2c(N3CCC[C@H](C(=O)N4CCOCC4)C3)ncnc21. The highest BCUT2D eigenvalue weighted by Gasteiger charge is 2.31. The number of hydrogen-bond donors (Lipinski definition) is 0. The zero-order valence-corrected chi connectivity index (χ0v) is 13.9. The molecule has 8 heteroatoms. The number of carbonyl (C=O) groups excluding carboxylic acids is 1. The zero-order valence-electron chi connectivity index (χ0n) is 13.9. The lowest BCUT2D eigenvalue weighted by atomic mass is 9.96. The summed E-state index contributed by atoms with van der Waals surface area (Å²) in [6, 6.07) is 0. The fraction of sp³-hybridized carbons (Fsp3) is 0.625. The first-order chi connectivity index (χ1) is 11.7. The van der Waals surface area contributed by atoms with Crippen LogP contribution in [0.4, 0.5) is 5.82 Å². The van der Waals surface area contributed by atoms with Crippen molar-refractivity contribution in [2.45, 2.75) is 12.8 Å². The third kappa shape index (κ3) is 2.71. The Balaban J connectivity index is 1.54. The Morgan fingerprint density at radius 3 is 2.92 bits per heavy atom. The highest BCUT2D eigenvalue weighted by Crippen LogP contribution is 2.28. The van der Waals surface area contributed by atoms with Crippen LogP contribution in [0, 0.1) is 5.92 Å². The number of piperidine rings is 1. The Labute approximate surface area is 140 Å². The highest BCUT2D eigenvalue weighted by atomic mass is 16.5. The van der Waals surface area contributed by atoms with Crippen molar-refractivity contribution in [3.63, 3.8) is 0 Å². The minimum Gasteiger partial charge on any atom is -0.378 e. The van der Waals surface area contributed by atoms with Crippen molar-refractivity contribution in [2.75, 3.05) is 44.3 Å². The Hall–Kier alpha value is -2.22. The van der Waals surface area contributed by atoms with Crippen LogP contribution in [0.1, 0.15) is 12.8 Å². The summed E-state index contributed by atoms with van der Waals surface area (Å²) in [5.41, 5.74) is 0.821. The quantitative estimate of drug-likeness (QED) is 0.795. The molecule has 2 aromatic rings. The van der Waals surface area contributed by atoms with Gasteiger partial charge in [0, 0.05) is 33.2 Å². The van der Waals surface area contributed by atoms with E-state index < -0.39 is 0 Å². The molecule has 0 radical (unpaired) electrons. The third-order valence-electron chi connectivity index (χ3n) is 4.90. The van der Waals surface area contributed by atoms with Gasteiger partial charge in [0.1, 0.15) is 12.1 Å². The van der Waals surface area contributed by atoms with Crippen LogP contribution < -0.4 is 4.90 Å². The number of fused-ring (bicyclic) bond motifs is 1. The number of hydrogen-bond acceptors (Lipinski definition) is 6. The van der Waals surface area contributed by atoms with Crippen LogP contribution in [-0.4, -0.2) is 69.9 Å². The van der Waals surface area contributed by atoms with Crippen molar-refractivity contribution in [3.05, 3.63) is 12.5 Å². The molecule has 0 aliphatic carbocycles. The third-order valence-corrected chi connectivity index (χ3v) is 4.90. The zero-order chi connectivity index (χ0) is 16.5. The molecule has 0 unspecified atom stereocenters. The molecule has 0 saturated carbocycles. The number of anilines is 1. The summed E-state index contributed by atoms with van der Waals surface area (Å²) in [4.78, 5) is 25.7. The second-order valence-electron chi connectivity index (χ2n) is 6.43. The smallest absolute Gasteiger partial charge is 0.227 e. The Kier molecular flexibility index (Phi) is 4.05. The molecule has 0 bridgehead atoms.